The van der Waals surface area contributed by atoms with Crippen LogP contribution >= 0.6 is 0 Å². The Kier molecular flexibility index (Phi) is 8.70. The molecule has 134 valence electrons. The first kappa shape index (κ1) is 20.4. The predicted molar refractivity (Wildman–Crippen MR) is 97.0 cm³/mol. The molecule has 1 rings (SSSR count). The number of ether oxygens (including phenoxy) is 1. The van der Waals surface area contributed by atoms with E-state index in [-0.39, 0.29) is 5.97 Å². The quantitative estimate of drug-likeness (QED) is 0.279. The summed E-state index contributed by atoms with van der Waals surface area (Å²) in [5.74, 6) is -0.369. The van der Waals surface area contributed by atoms with Gasteiger partial charge in [-0.3, -0.25) is 0 Å². The average Bonchev–Trinajstić information content (AvgIpc) is 2.61. The van der Waals surface area contributed by atoms with Crippen molar-refractivity contribution in [1.29, 1.82) is 0 Å². The zero-order valence-electron chi connectivity index (χ0n) is 15.1. The van der Waals surface area contributed by atoms with E-state index in [4.69, 9.17) is 18.0 Å². The summed E-state index contributed by atoms with van der Waals surface area (Å²) >= 11 is 0. The van der Waals surface area contributed by atoms with Crippen molar-refractivity contribution >= 4 is 26.5 Å². The second kappa shape index (κ2) is 10.2. The lowest BCUT2D eigenvalue weighted by atomic mass is 10.2. The molecule has 0 amide bonds. The van der Waals surface area contributed by atoms with E-state index < -0.39 is 8.80 Å². The zero-order valence-corrected chi connectivity index (χ0v) is 16.1. The SMILES string of the molecule is CO[Si](CCCOC(=O)/C=C/c1ccc(N(C)C)cc1)(OC)OC. The van der Waals surface area contributed by atoms with Gasteiger partial charge in [-0.25, -0.2) is 4.79 Å². The molecule has 0 saturated heterocycles. The number of carbonyl (C=O) groups is 1. The third-order valence-corrected chi connectivity index (χ3v) is 6.46. The highest BCUT2D eigenvalue weighted by atomic mass is 28.4. The number of esters is 1. The largest absolute Gasteiger partial charge is 0.500 e. The lowest BCUT2D eigenvalue weighted by Gasteiger charge is -2.23. The summed E-state index contributed by atoms with van der Waals surface area (Å²) in [4.78, 5) is 13.7. The van der Waals surface area contributed by atoms with Crippen molar-refractivity contribution in [3.63, 3.8) is 0 Å². The standard InChI is InChI=1S/C17H27NO5Si/c1-18(2)16-10-7-15(8-11-16)9-12-17(19)23-13-6-14-24(20-3,21-4)22-5/h7-12H,6,13-14H2,1-5H3/b12-9+. The number of hydrogen-bond donors (Lipinski definition) is 0. The molecule has 6 nitrogen and oxygen atoms in total. The van der Waals surface area contributed by atoms with Crippen LogP contribution in [0.5, 0.6) is 0 Å². The number of anilines is 1. The van der Waals surface area contributed by atoms with Crippen LogP contribution in [0.3, 0.4) is 0 Å². The highest BCUT2D eigenvalue weighted by Gasteiger charge is 2.36. The van der Waals surface area contributed by atoms with Gasteiger partial charge >= 0.3 is 14.8 Å². The van der Waals surface area contributed by atoms with Crippen molar-refractivity contribution in [2.45, 2.75) is 12.5 Å². The number of benzene rings is 1. The minimum Gasteiger partial charge on any atom is -0.463 e. The molecule has 0 bridgehead atoms. The van der Waals surface area contributed by atoms with E-state index in [0.29, 0.717) is 19.1 Å². The number of rotatable bonds is 10. The van der Waals surface area contributed by atoms with Gasteiger partial charge in [0.1, 0.15) is 0 Å². The zero-order chi connectivity index (χ0) is 18.0. The van der Waals surface area contributed by atoms with E-state index in [0.717, 1.165) is 11.3 Å². The molecule has 0 aliphatic rings. The second-order valence-electron chi connectivity index (χ2n) is 5.39. The highest BCUT2D eigenvalue weighted by Crippen LogP contribution is 2.15. The minimum absolute atomic E-state index is 0.299. The molecule has 0 saturated carbocycles. The van der Waals surface area contributed by atoms with Crippen LogP contribution in [0.1, 0.15) is 12.0 Å². The first-order valence-corrected chi connectivity index (χ1v) is 9.67. The Balaban J connectivity index is 2.38. The van der Waals surface area contributed by atoms with Crippen LogP contribution in [0, 0.1) is 0 Å². The Bertz CT molecular complexity index is 518. The Morgan fingerprint density at radius 1 is 1.08 bits per heavy atom. The van der Waals surface area contributed by atoms with Crippen molar-refractivity contribution in [2.75, 3.05) is 46.9 Å². The molecule has 0 unspecified atom stereocenters. The van der Waals surface area contributed by atoms with Gasteiger partial charge in [-0.05, 0) is 30.2 Å². The summed E-state index contributed by atoms with van der Waals surface area (Å²) in [5.41, 5.74) is 2.05. The van der Waals surface area contributed by atoms with E-state index >= 15 is 0 Å². The third kappa shape index (κ3) is 6.44. The molecule has 0 fully saturated rings. The summed E-state index contributed by atoms with van der Waals surface area (Å²) in [7, 11) is 6.07. The van der Waals surface area contributed by atoms with Crippen molar-refractivity contribution in [1.82, 2.24) is 0 Å². The lowest BCUT2D eigenvalue weighted by Crippen LogP contribution is -2.42. The molecule has 1 aromatic carbocycles. The van der Waals surface area contributed by atoms with Gasteiger partial charge in [-0.2, -0.15) is 0 Å². The van der Waals surface area contributed by atoms with Gasteiger partial charge in [0.25, 0.3) is 0 Å². The first-order chi connectivity index (χ1) is 11.5. The molecule has 0 aliphatic carbocycles. The molecular formula is C17H27NO5Si. The maximum atomic E-state index is 11.7. The van der Waals surface area contributed by atoms with Crippen molar-refractivity contribution in [2.24, 2.45) is 0 Å². The number of carbonyl (C=O) groups excluding carboxylic acids is 1. The van der Waals surface area contributed by atoms with Crippen LogP contribution in [0.4, 0.5) is 5.69 Å². The van der Waals surface area contributed by atoms with Crippen molar-refractivity contribution in [3.05, 3.63) is 35.9 Å². The summed E-state index contributed by atoms with van der Waals surface area (Å²) < 4.78 is 21.1. The molecule has 1 aromatic rings. The Morgan fingerprint density at radius 3 is 2.17 bits per heavy atom. The Morgan fingerprint density at radius 2 is 1.67 bits per heavy atom. The summed E-state index contributed by atoms with van der Waals surface area (Å²) in [6.45, 7) is 0.299. The fraction of sp³-hybridized carbons (Fsp3) is 0.471. The molecule has 0 atom stereocenters. The van der Waals surface area contributed by atoms with E-state index in [2.05, 4.69) is 0 Å². The van der Waals surface area contributed by atoms with E-state index in [1.807, 2.05) is 43.3 Å². The molecular weight excluding hydrogens is 326 g/mol. The number of hydrogen-bond acceptors (Lipinski definition) is 6. The molecule has 0 radical (unpaired) electrons. The molecule has 0 aliphatic heterocycles. The fourth-order valence-corrected chi connectivity index (χ4v) is 3.80. The van der Waals surface area contributed by atoms with Crippen LogP contribution in [0.25, 0.3) is 6.08 Å². The number of nitrogens with zero attached hydrogens (tertiary/aromatic N) is 1. The smallest absolute Gasteiger partial charge is 0.463 e. The molecule has 24 heavy (non-hydrogen) atoms. The molecule has 0 N–H and O–H groups in total. The monoisotopic (exact) mass is 353 g/mol. The van der Waals surface area contributed by atoms with Crippen LogP contribution in [-0.4, -0.2) is 56.8 Å². The van der Waals surface area contributed by atoms with Gasteiger partial charge in [0.05, 0.1) is 6.61 Å². The van der Waals surface area contributed by atoms with Crippen molar-refractivity contribution < 1.29 is 22.8 Å². The van der Waals surface area contributed by atoms with Gasteiger partial charge < -0.3 is 22.9 Å². The second-order valence-corrected chi connectivity index (χ2v) is 8.48. The third-order valence-electron chi connectivity index (χ3n) is 3.63. The normalized spacial score (nSPS) is 11.7. The topological polar surface area (TPSA) is 57.2 Å². The van der Waals surface area contributed by atoms with Gasteiger partial charge in [0.2, 0.25) is 0 Å². The first-order valence-electron chi connectivity index (χ1n) is 7.74. The van der Waals surface area contributed by atoms with E-state index in [9.17, 15) is 4.79 Å². The van der Waals surface area contributed by atoms with Crippen LogP contribution in [-0.2, 0) is 22.8 Å². The highest BCUT2D eigenvalue weighted by molar-refractivity contribution is 6.60. The minimum atomic E-state index is -2.59. The maximum Gasteiger partial charge on any atom is 0.500 e. The molecule has 0 heterocycles. The maximum absolute atomic E-state index is 11.7. The van der Waals surface area contributed by atoms with Gasteiger partial charge in [0, 0.05) is 53.2 Å². The lowest BCUT2D eigenvalue weighted by molar-refractivity contribution is -0.137. The van der Waals surface area contributed by atoms with Crippen molar-refractivity contribution in [3.8, 4) is 0 Å². The van der Waals surface area contributed by atoms with Crippen LogP contribution in [0.2, 0.25) is 6.04 Å². The van der Waals surface area contributed by atoms with E-state index in [1.165, 1.54) is 6.08 Å². The fourth-order valence-electron chi connectivity index (χ4n) is 2.11. The summed E-state index contributed by atoms with van der Waals surface area (Å²) in [6.07, 6.45) is 3.79. The predicted octanol–water partition coefficient (Wildman–Crippen LogP) is 2.58. The molecule has 0 spiro atoms. The summed E-state index contributed by atoms with van der Waals surface area (Å²) in [5, 5.41) is 0. The average molecular weight is 353 g/mol. The van der Waals surface area contributed by atoms with Crippen LogP contribution < -0.4 is 4.90 Å². The Labute approximate surface area is 145 Å². The molecule has 7 heteroatoms. The Hall–Kier alpha value is -1.67. The summed E-state index contributed by atoms with van der Waals surface area (Å²) in [6, 6.07) is 8.49. The van der Waals surface area contributed by atoms with Gasteiger partial charge in [-0.1, -0.05) is 12.1 Å². The van der Waals surface area contributed by atoms with Crippen LogP contribution in [0.15, 0.2) is 30.3 Å². The molecule has 0 aromatic heterocycles. The van der Waals surface area contributed by atoms with E-state index in [1.54, 1.807) is 27.4 Å². The van der Waals surface area contributed by atoms with Gasteiger partial charge in [-0.15, -0.1) is 0 Å². The van der Waals surface area contributed by atoms with Gasteiger partial charge in [0.15, 0.2) is 0 Å².